The Bertz CT molecular complexity index is 1160. The molecule has 0 aliphatic rings. The number of rotatable bonds is 10. The molecule has 1 atom stereocenters. The molecule has 0 saturated carbocycles. The van der Waals surface area contributed by atoms with Crippen LogP contribution in [-0.2, 0) is 4.74 Å². The first kappa shape index (κ1) is 26.0. The van der Waals surface area contributed by atoms with Crippen LogP contribution in [0.4, 0.5) is 4.79 Å². The van der Waals surface area contributed by atoms with Crippen molar-refractivity contribution in [2.45, 2.75) is 20.3 Å². The average molecular weight is 539 g/mol. The van der Waals surface area contributed by atoms with Crippen molar-refractivity contribution in [3.05, 3.63) is 89.4 Å². The van der Waals surface area contributed by atoms with E-state index in [4.69, 9.17) is 18.9 Å². The molecule has 0 fully saturated rings. The minimum Gasteiger partial charge on any atom is -0.492 e. The van der Waals surface area contributed by atoms with Crippen LogP contribution < -0.4 is 14.2 Å². The Balaban J connectivity index is 1.59. The Labute approximate surface area is 213 Å². The molecule has 3 aromatic rings. The van der Waals surface area contributed by atoms with Crippen molar-refractivity contribution in [1.82, 2.24) is 0 Å². The molecule has 35 heavy (non-hydrogen) atoms. The van der Waals surface area contributed by atoms with E-state index in [-0.39, 0.29) is 12.4 Å². The monoisotopic (exact) mass is 538 g/mol. The minimum absolute atomic E-state index is 0.0530. The second-order valence-electron chi connectivity index (χ2n) is 7.86. The summed E-state index contributed by atoms with van der Waals surface area (Å²) in [5.41, 5.74) is 2.30. The number of carbonyl (C=O) groups is 2. The lowest BCUT2D eigenvalue weighted by Gasteiger charge is -2.13. The molecule has 0 heterocycles. The molecule has 0 spiro atoms. The van der Waals surface area contributed by atoms with E-state index in [2.05, 4.69) is 36.4 Å². The summed E-state index contributed by atoms with van der Waals surface area (Å²) >= 11 is 3.59. The summed E-state index contributed by atoms with van der Waals surface area (Å²) in [7, 11) is 0. The van der Waals surface area contributed by atoms with Gasteiger partial charge >= 0.3 is 12.1 Å². The van der Waals surface area contributed by atoms with Gasteiger partial charge in [0.2, 0.25) is 0 Å². The van der Waals surface area contributed by atoms with E-state index < -0.39 is 12.1 Å². The Hall–Kier alpha value is -3.58. The normalized spacial score (nSPS) is 11.3. The second-order valence-corrected chi connectivity index (χ2v) is 8.71. The topological polar surface area (TPSA) is 71.1 Å². The molecule has 0 aromatic heterocycles. The van der Waals surface area contributed by atoms with Crippen LogP contribution in [0.5, 0.6) is 17.2 Å². The highest BCUT2D eigenvalue weighted by Gasteiger charge is 2.12. The molecule has 182 valence electrons. The van der Waals surface area contributed by atoms with Crippen molar-refractivity contribution < 1.29 is 28.5 Å². The summed E-state index contributed by atoms with van der Waals surface area (Å²) in [6, 6.07) is 19.2. The van der Waals surface area contributed by atoms with Crippen molar-refractivity contribution in [2.75, 3.05) is 13.2 Å². The fourth-order valence-corrected chi connectivity index (χ4v) is 3.43. The van der Waals surface area contributed by atoms with Gasteiger partial charge in [0, 0.05) is 0 Å². The second kappa shape index (κ2) is 12.8. The van der Waals surface area contributed by atoms with E-state index in [1.54, 1.807) is 12.1 Å². The first-order valence-electron chi connectivity index (χ1n) is 11.2. The summed E-state index contributed by atoms with van der Waals surface area (Å²) in [5, 5.41) is 0. The zero-order valence-corrected chi connectivity index (χ0v) is 21.2. The molecule has 6 nitrogen and oxygen atoms in total. The maximum atomic E-state index is 12.5. The van der Waals surface area contributed by atoms with Crippen LogP contribution in [0.1, 0.15) is 30.6 Å². The molecule has 7 heteroatoms. The molecule has 0 bridgehead atoms. The first-order chi connectivity index (χ1) is 16.9. The van der Waals surface area contributed by atoms with Crippen LogP contribution in [-0.4, -0.2) is 25.3 Å². The number of benzene rings is 3. The Morgan fingerprint density at radius 1 is 0.943 bits per heavy atom. The van der Waals surface area contributed by atoms with Gasteiger partial charge in [-0.25, -0.2) is 9.59 Å². The third-order valence-electron chi connectivity index (χ3n) is 5.16. The molecular weight excluding hydrogens is 512 g/mol. The van der Waals surface area contributed by atoms with Gasteiger partial charge in [0.1, 0.15) is 23.9 Å². The summed E-state index contributed by atoms with van der Waals surface area (Å²) in [6.45, 7) is 8.48. The standard InChI is InChI=1S/C28H27BrO6/c1-4-16-32-28(31)35-24-13-8-21(9-14-24)27(30)34-23-11-6-20(7-12-23)22-10-15-26(25(29)17-22)33-18-19(3)5-2/h4,6-15,17,19H,1,5,16,18H2,2-3H3. The van der Waals surface area contributed by atoms with Gasteiger partial charge in [-0.1, -0.05) is 51.1 Å². The molecular formula is C28H27BrO6. The van der Waals surface area contributed by atoms with E-state index in [1.165, 1.54) is 30.3 Å². The number of ether oxygens (including phenoxy) is 4. The summed E-state index contributed by atoms with van der Waals surface area (Å²) < 4.78 is 22.0. The van der Waals surface area contributed by atoms with Gasteiger partial charge in [-0.2, -0.15) is 0 Å². The number of esters is 1. The maximum absolute atomic E-state index is 12.5. The number of carbonyl (C=O) groups excluding carboxylic acids is 2. The third-order valence-corrected chi connectivity index (χ3v) is 5.78. The average Bonchev–Trinajstić information content (AvgIpc) is 2.87. The molecule has 0 aliphatic carbocycles. The lowest BCUT2D eigenvalue weighted by molar-refractivity contribution is 0.0734. The largest absolute Gasteiger partial charge is 0.514 e. The van der Waals surface area contributed by atoms with E-state index in [9.17, 15) is 9.59 Å². The summed E-state index contributed by atoms with van der Waals surface area (Å²) in [5.74, 6) is 1.45. The van der Waals surface area contributed by atoms with Gasteiger partial charge in [0.05, 0.1) is 16.6 Å². The fraction of sp³-hybridized carbons (Fsp3) is 0.214. The van der Waals surface area contributed by atoms with Crippen molar-refractivity contribution in [2.24, 2.45) is 5.92 Å². The molecule has 0 N–H and O–H groups in total. The Kier molecular flexibility index (Phi) is 9.49. The van der Waals surface area contributed by atoms with Crippen LogP contribution >= 0.6 is 15.9 Å². The van der Waals surface area contributed by atoms with Gasteiger partial charge < -0.3 is 18.9 Å². The Morgan fingerprint density at radius 2 is 1.57 bits per heavy atom. The van der Waals surface area contributed by atoms with Crippen molar-refractivity contribution >= 4 is 28.1 Å². The highest BCUT2D eigenvalue weighted by atomic mass is 79.9. The predicted octanol–water partition coefficient (Wildman–Crippen LogP) is 7.46. The summed E-state index contributed by atoms with van der Waals surface area (Å²) in [6.07, 6.45) is 1.66. The minimum atomic E-state index is -0.847. The molecule has 0 saturated heterocycles. The first-order valence-corrected chi connectivity index (χ1v) is 12.0. The summed E-state index contributed by atoms with van der Waals surface area (Å²) in [4.78, 5) is 23.9. The van der Waals surface area contributed by atoms with Crippen molar-refractivity contribution in [3.63, 3.8) is 0 Å². The van der Waals surface area contributed by atoms with Gasteiger partial charge in [0.25, 0.3) is 0 Å². The molecule has 3 rings (SSSR count). The maximum Gasteiger partial charge on any atom is 0.514 e. The zero-order valence-electron chi connectivity index (χ0n) is 19.7. The molecule has 0 radical (unpaired) electrons. The van der Waals surface area contributed by atoms with Gasteiger partial charge in [0.15, 0.2) is 0 Å². The molecule has 0 amide bonds. The van der Waals surface area contributed by atoms with Gasteiger partial charge in [-0.05, 0) is 81.5 Å². The number of hydrogen-bond donors (Lipinski definition) is 0. The van der Waals surface area contributed by atoms with E-state index in [0.717, 1.165) is 27.8 Å². The van der Waals surface area contributed by atoms with Crippen LogP contribution in [0.15, 0.2) is 83.9 Å². The fourth-order valence-electron chi connectivity index (χ4n) is 2.94. The van der Waals surface area contributed by atoms with Gasteiger partial charge in [-0.3, -0.25) is 0 Å². The lowest BCUT2D eigenvalue weighted by Crippen LogP contribution is -2.11. The SMILES string of the molecule is C=CCOC(=O)Oc1ccc(C(=O)Oc2ccc(-c3ccc(OCC(C)CC)c(Br)c3)cc2)cc1. The van der Waals surface area contributed by atoms with Crippen LogP contribution in [0, 0.1) is 5.92 Å². The third kappa shape index (κ3) is 7.72. The van der Waals surface area contributed by atoms with Crippen LogP contribution in [0.25, 0.3) is 11.1 Å². The van der Waals surface area contributed by atoms with E-state index in [1.807, 2.05) is 30.3 Å². The van der Waals surface area contributed by atoms with E-state index >= 15 is 0 Å². The highest BCUT2D eigenvalue weighted by molar-refractivity contribution is 9.10. The molecule has 3 aromatic carbocycles. The predicted molar refractivity (Wildman–Crippen MR) is 138 cm³/mol. The quantitative estimate of drug-likeness (QED) is 0.115. The lowest BCUT2D eigenvalue weighted by atomic mass is 10.1. The highest BCUT2D eigenvalue weighted by Crippen LogP contribution is 2.32. The Morgan fingerprint density at radius 3 is 2.20 bits per heavy atom. The number of halogens is 1. The zero-order chi connectivity index (χ0) is 25.2. The molecule has 1 unspecified atom stereocenters. The van der Waals surface area contributed by atoms with Crippen LogP contribution in [0.3, 0.4) is 0 Å². The molecule has 0 aliphatic heterocycles. The van der Waals surface area contributed by atoms with Crippen molar-refractivity contribution in [1.29, 1.82) is 0 Å². The number of hydrogen-bond acceptors (Lipinski definition) is 6. The smallest absolute Gasteiger partial charge is 0.492 e. The van der Waals surface area contributed by atoms with Crippen LogP contribution in [0.2, 0.25) is 0 Å². The van der Waals surface area contributed by atoms with Crippen molar-refractivity contribution in [3.8, 4) is 28.4 Å². The van der Waals surface area contributed by atoms with E-state index in [0.29, 0.717) is 23.8 Å². The van der Waals surface area contributed by atoms with Gasteiger partial charge in [-0.15, -0.1) is 0 Å².